The summed E-state index contributed by atoms with van der Waals surface area (Å²) < 4.78 is 0. The van der Waals surface area contributed by atoms with Crippen LogP contribution < -0.4 is 5.32 Å². The maximum Gasteiger partial charge on any atom is 0.270 e. The Hall–Kier alpha value is -2.04. The first-order valence-corrected chi connectivity index (χ1v) is 10.9. The molecule has 0 bridgehead atoms. The molecule has 152 valence electrons. The second-order valence-electron chi connectivity index (χ2n) is 9.07. The largest absolute Gasteiger partial charge is 0.356 e. The summed E-state index contributed by atoms with van der Waals surface area (Å²) >= 11 is 0. The number of hydrogen-bond donors (Lipinski definition) is 2. The number of amides is 2. The smallest absolute Gasteiger partial charge is 0.270 e. The number of aryl methyl sites for hydroxylation is 2. The average Bonchev–Trinajstić information content (AvgIpc) is 3.28. The molecule has 1 saturated carbocycles. The second-order valence-corrected chi connectivity index (χ2v) is 9.07. The van der Waals surface area contributed by atoms with Crippen molar-refractivity contribution in [3.05, 3.63) is 34.7 Å². The number of hydrogen-bond acceptors (Lipinski definition) is 2. The second kappa shape index (κ2) is 7.76. The molecular weight excluding hydrogens is 350 g/mol. The van der Waals surface area contributed by atoms with Crippen molar-refractivity contribution in [2.24, 2.45) is 11.3 Å². The molecule has 5 nitrogen and oxygen atoms in total. The van der Waals surface area contributed by atoms with E-state index in [1.807, 2.05) is 24.8 Å². The first-order valence-electron chi connectivity index (χ1n) is 10.9. The van der Waals surface area contributed by atoms with E-state index in [9.17, 15) is 9.59 Å². The number of aromatic amines is 1. The normalized spacial score (nSPS) is 23.4. The lowest BCUT2D eigenvalue weighted by Gasteiger charge is -2.32. The van der Waals surface area contributed by atoms with E-state index in [2.05, 4.69) is 16.4 Å². The molecule has 28 heavy (non-hydrogen) atoms. The van der Waals surface area contributed by atoms with Gasteiger partial charge in [0.2, 0.25) is 5.91 Å². The van der Waals surface area contributed by atoms with Crippen LogP contribution in [0.4, 0.5) is 0 Å². The summed E-state index contributed by atoms with van der Waals surface area (Å²) in [5.41, 5.74) is 4.41. The maximum absolute atomic E-state index is 12.8. The van der Waals surface area contributed by atoms with Gasteiger partial charge in [-0.15, -0.1) is 0 Å². The number of likely N-dealkylation sites (tertiary alicyclic amines) is 1. The number of H-pyrrole nitrogens is 1. The van der Waals surface area contributed by atoms with Gasteiger partial charge in [0.1, 0.15) is 5.69 Å². The third kappa shape index (κ3) is 3.89. The first kappa shape index (κ1) is 19.3. The molecule has 0 aromatic carbocycles. The molecule has 1 saturated heterocycles. The van der Waals surface area contributed by atoms with E-state index < -0.39 is 0 Å². The van der Waals surface area contributed by atoms with Crippen molar-refractivity contribution < 1.29 is 9.59 Å². The van der Waals surface area contributed by atoms with E-state index in [0.29, 0.717) is 0 Å². The molecule has 5 heteroatoms. The molecule has 2 aliphatic carbocycles. The molecule has 4 rings (SSSR count). The number of rotatable bonds is 5. The van der Waals surface area contributed by atoms with Crippen LogP contribution in [0, 0.1) is 25.2 Å². The zero-order valence-corrected chi connectivity index (χ0v) is 17.3. The van der Waals surface area contributed by atoms with Gasteiger partial charge in [0, 0.05) is 31.2 Å². The molecule has 2 fully saturated rings. The number of carbonyl (C=O) groups is 2. The van der Waals surface area contributed by atoms with Gasteiger partial charge in [0.25, 0.3) is 5.91 Å². The van der Waals surface area contributed by atoms with Crippen LogP contribution in [0.3, 0.4) is 0 Å². The van der Waals surface area contributed by atoms with Crippen LogP contribution in [-0.4, -0.2) is 41.3 Å². The fourth-order valence-electron chi connectivity index (χ4n) is 5.14. The van der Waals surface area contributed by atoms with Gasteiger partial charge in [0.05, 0.1) is 0 Å². The van der Waals surface area contributed by atoms with Gasteiger partial charge in [-0.3, -0.25) is 9.59 Å². The zero-order valence-electron chi connectivity index (χ0n) is 17.3. The van der Waals surface area contributed by atoms with Gasteiger partial charge >= 0.3 is 0 Å². The number of nitrogens with zero attached hydrogens (tertiary/aromatic N) is 1. The lowest BCUT2D eigenvalue weighted by Crippen LogP contribution is -2.41. The molecule has 3 aliphatic rings. The van der Waals surface area contributed by atoms with Crippen LogP contribution in [-0.2, 0) is 4.79 Å². The minimum atomic E-state index is 0.0999. The minimum Gasteiger partial charge on any atom is -0.356 e. The molecule has 1 atom stereocenters. The highest BCUT2D eigenvalue weighted by Gasteiger charge is 2.58. The zero-order chi connectivity index (χ0) is 19.7. The summed E-state index contributed by atoms with van der Waals surface area (Å²) in [5.74, 6) is 0.481. The number of piperidine rings is 1. The summed E-state index contributed by atoms with van der Waals surface area (Å²) in [7, 11) is 0. The maximum atomic E-state index is 12.8. The van der Waals surface area contributed by atoms with Crippen molar-refractivity contribution in [3.8, 4) is 0 Å². The molecule has 2 N–H and O–H groups in total. The number of nitrogens with one attached hydrogen (secondary N) is 2. The predicted molar refractivity (Wildman–Crippen MR) is 110 cm³/mol. The summed E-state index contributed by atoms with van der Waals surface area (Å²) in [5, 5.41) is 3.17. The van der Waals surface area contributed by atoms with Crippen LogP contribution >= 0.6 is 0 Å². The molecule has 2 amide bonds. The molecule has 1 aromatic rings. The van der Waals surface area contributed by atoms with E-state index in [0.717, 1.165) is 62.3 Å². The fourth-order valence-corrected chi connectivity index (χ4v) is 5.14. The van der Waals surface area contributed by atoms with Gasteiger partial charge < -0.3 is 15.2 Å². The summed E-state index contributed by atoms with van der Waals surface area (Å²) in [6.07, 6.45) is 11.2. The SMILES string of the molecule is Cc1cc(C)c(C(=O)N2CCC3(CC2)C[C@@H]3C(=O)NCCC2=CCCCC2)[nH]1. The minimum absolute atomic E-state index is 0.0999. The molecule has 1 aromatic heterocycles. The highest BCUT2D eigenvalue weighted by molar-refractivity contribution is 5.94. The van der Waals surface area contributed by atoms with E-state index in [1.54, 1.807) is 0 Å². The summed E-state index contributed by atoms with van der Waals surface area (Å²) in [4.78, 5) is 30.5. The van der Waals surface area contributed by atoms with Gasteiger partial charge in [-0.2, -0.15) is 0 Å². The lowest BCUT2D eigenvalue weighted by atomic mass is 9.90. The molecule has 0 radical (unpaired) electrons. The van der Waals surface area contributed by atoms with Crippen molar-refractivity contribution in [2.75, 3.05) is 19.6 Å². The van der Waals surface area contributed by atoms with Crippen molar-refractivity contribution in [1.82, 2.24) is 15.2 Å². The summed E-state index contributed by atoms with van der Waals surface area (Å²) in [6.45, 7) is 6.24. The first-order chi connectivity index (χ1) is 13.5. The van der Waals surface area contributed by atoms with Gasteiger partial charge in [-0.05, 0) is 82.3 Å². The molecule has 0 unspecified atom stereocenters. The molecule has 1 aliphatic heterocycles. The molecule has 2 heterocycles. The van der Waals surface area contributed by atoms with Gasteiger partial charge in [0.15, 0.2) is 0 Å². The Morgan fingerprint density at radius 2 is 2.04 bits per heavy atom. The quantitative estimate of drug-likeness (QED) is 0.758. The van der Waals surface area contributed by atoms with Crippen LogP contribution in [0.15, 0.2) is 17.7 Å². The number of carbonyl (C=O) groups excluding carboxylic acids is 2. The van der Waals surface area contributed by atoms with Crippen LogP contribution in [0.2, 0.25) is 0 Å². The van der Waals surface area contributed by atoms with Crippen molar-refractivity contribution >= 4 is 11.8 Å². The Morgan fingerprint density at radius 3 is 2.68 bits per heavy atom. The van der Waals surface area contributed by atoms with Crippen LogP contribution in [0.1, 0.15) is 73.1 Å². The van der Waals surface area contributed by atoms with Crippen molar-refractivity contribution in [3.63, 3.8) is 0 Å². The van der Waals surface area contributed by atoms with Crippen molar-refractivity contribution in [2.45, 2.75) is 65.2 Å². The van der Waals surface area contributed by atoms with E-state index in [4.69, 9.17) is 0 Å². The lowest BCUT2D eigenvalue weighted by molar-refractivity contribution is -0.123. The molecular formula is C23H33N3O2. The molecule has 1 spiro atoms. The highest BCUT2D eigenvalue weighted by Crippen LogP contribution is 2.59. The third-order valence-electron chi connectivity index (χ3n) is 7.05. The van der Waals surface area contributed by atoms with Crippen molar-refractivity contribution in [1.29, 1.82) is 0 Å². The van der Waals surface area contributed by atoms with Crippen LogP contribution in [0.5, 0.6) is 0 Å². The standard InChI is InChI=1S/C23H33N3O2/c1-16-14-17(2)25-20(16)22(28)26-12-9-23(10-13-26)15-19(23)21(27)24-11-8-18-6-4-3-5-7-18/h6,14,19,25H,3-5,7-13,15H2,1-2H3,(H,24,27)/t19-/m1/s1. The van der Waals surface area contributed by atoms with Gasteiger partial charge in [-0.1, -0.05) is 11.6 Å². The predicted octanol–water partition coefficient (Wildman–Crippen LogP) is 3.88. The number of allylic oxidation sites excluding steroid dienone is 1. The Kier molecular flexibility index (Phi) is 5.35. The van der Waals surface area contributed by atoms with E-state index in [-0.39, 0.29) is 23.1 Å². The third-order valence-corrected chi connectivity index (χ3v) is 7.05. The van der Waals surface area contributed by atoms with Crippen LogP contribution in [0.25, 0.3) is 0 Å². The summed E-state index contributed by atoms with van der Waals surface area (Å²) in [6, 6.07) is 2.02. The number of aromatic nitrogens is 1. The highest BCUT2D eigenvalue weighted by atomic mass is 16.2. The topological polar surface area (TPSA) is 65.2 Å². The van der Waals surface area contributed by atoms with Gasteiger partial charge in [-0.25, -0.2) is 0 Å². The average molecular weight is 384 g/mol. The Balaban J connectivity index is 1.24. The Labute approximate surface area is 168 Å². The van der Waals surface area contributed by atoms with E-state index >= 15 is 0 Å². The Morgan fingerprint density at radius 1 is 1.25 bits per heavy atom. The fraction of sp³-hybridized carbons (Fsp3) is 0.652. The Bertz CT molecular complexity index is 784. The van der Waals surface area contributed by atoms with E-state index in [1.165, 1.54) is 31.3 Å². The monoisotopic (exact) mass is 383 g/mol.